The fourth-order valence-corrected chi connectivity index (χ4v) is 2.19. The van der Waals surface area contributed by atoms with E-state index in [1.807, 2.05) is 0 Å². The molecule has 0 radical (unpaired) electrons. The van der Waals surface area contributed by atoms with Crippen LogP contribution in [0, 0.1) is 6.92 Å². The van der Waals surface area contributed by atoms with Crippen molar-refractivity contribution in [2.75, 3.05) is 20.2 Å². The predicted octanol–water partition coefficient (Wildman–Crippen LogP) is 1.95. The van der Waals surface area contributed by atoms with Gasteiger partial charge < -0.3 is 14.7 Å². The van der Waals surface area contributed by atoms with Gasteiger partial charge in [-0.2, -0.15) is 0 Å². The van der Waals surface area contributed by atoms with E-state index in [0.29, 0.717) is 17.7 Å². The maximum absolute atomic E-state index is 12.2. The fraction of sp³-hybridized carbons (Fsp3) is 0.500. The van der Waals surface area contributed by atoms with Crippen molar-refractivity contribution in [1.82, 2.24) is 4.90 Å². The Balaban J connectivity index is 2.02. The molecule has 1 fully saturated rings. The summed E-state index contributed by atoms with van der Waals surface area (Å²) in [5.74, 6) is 0.182. The lowest BCUT2D eigenvalue weighted by atomic mass is 10.1. The van der Waals surface area contributed by atoms with Crippen molar-refractivity contribution in [1.29, 1.82) is 0 Å². The number of carbonyl (C=O) groups excluding carboxylic acids is 1. The normalized spacial score (nSPS) is 18.9. The number of phenolic OH excluding ortho intramolecular Hbond substituents is 1. The summed E-state index contributed by atoms with van der Waals surface area (Å²) in [6, 6.07) is 4.92. The number of benzene rings is 1. The molecule has 0 bridgehead atoms. The van der Waals surface area contributed by atoms with E-state index in [9.17, 15) is 9.90 Å². The van der Waals surface area contributed by atoms with Crippen molar-refractivity contribution in [2.45, 2.75) is 25.9 Å². The Hall–Kier alpha value is -1.55. The molecule has 1 aromatic carbocycles. The molecule has 0 aliphatic carbocycles. The molecule has 4 heteroatoms. The number of hydrogen-bond acceptors (Lipinski definition) is 3. The van der Waals surface area contributed by atoms with Gasteiger partial charge in [0.2, 0.25) is 0 Å². The van der Waals surface area contributed by atoms with Gasteiger partial charge >= 0.3 is 0 Å². The molecule has 18 heavy (non-hydrogen) atoms. The molecule has 0 saturated carbocycles. The molecular formula is C14H19NO3. The minimum atomic E-state index is -0.0337. The zero-order valence-corrected chi connectivity index (χ0v) is 10.8. The van der Waals surface area contributed by atoms with Crippen LogP contribution in [0.25, 0.3) is 0 Å². The highest BCUT2D eigenvalue weighted by atomic mass is 16.5. The molecule has 1 amide bonds. The van der Waals surface area contributed by atoms with Crippen LogP contribution in [0.5, 0.6) is 5.75 Å². The molecule has 1 unspecified atom stereocenters. The van der Waals surface area contributed by atoms with Crippen LogP contribution in [0.15, 0.2) is 18.2 Å². The van der Waals surface area contributed by atoms with Crippen LogP contribution in [0.1, 0.15) is 28.8 Å². The SMILES string of the molecule is Cc1cc(C(=O)N(C)CC2CCCO2)ccc1O. The zero-order valence-electron chi connectivity index (χ0n) is 10.8. The quantitative estimate of drug-likeness (QED) is 0.890. The molecule has 1 heterocycles. The van der Waals surface area contributed by atoms with E-state index in [0.717, 1.165) is 19.4 Å². The van der Waals surface area contributed by atoms with Crippen molar-refractivity contribution >= 4 is 5.91 Å². The average Bonchev–Trinajstić information content (AvgIpc) is 2.84. The summed E-state index contributed by atoms with van der Waals surface area (Å²) in [5.41, 5.74) is 1.32. The Morgan fingerprint density at radius 2 is 2.33 bits per heavy atom. The van der Waals surface area contributed by atoms with Crippen LogP contribution in [-0.4, -0.2) is 42.2 Å². The second kappa shape index (κ2) is 5.40. The van der Waals surface area contributed by atoms with Gasteiger partial charge in [-0.25, -0.2) is 0 Å². The molecule has 1 saturated heterocycles. The highest BCUT2D eigenvalue weighted by Gasteiger charge is 2.21. The van der Waals surface area contributed by atoms with Crippen LogP contribution < -0.4 is 0 Å². The summed E-state index contributed by atoms with van der Waals surface area (Å²) in [6.07, 6.45) is 2.26. The van der Waals surface area contributed by atoms with E-state index in [1.54, 1.807) is 37.1 Å². The summed E-state index contributed by atoms with van der Waals surface area (Å²) in [7, 11) is 1.78. The van der Waals surface area contributed by atoms with E-state index in [-0.39, 0.29) is 17.8 Å². The third-order valence-electron chi connectivity index (χ3n) is 3.29. The van der Waals surface area contributed by atoms with Gasteiger partial charge in [0.1, 0.15) is 5.75 Å². The van der Waals surface area contributed by atoms with Crippen LogP contribution >= 0.6 is 0 Å². The Morgan fingerprint density at radius 3 is 2.94 bits per heavy atom. The van der Waals surface area contributed by atoms with Crippen molar-refractivity contribution in [2.24, 2.45) is 0 Å². The molecule has 2 rings (SSSR count). The third kappa shape index (κ3) is 2.82. The summed E-state index contributed by atoms with van der Waals surface area (Å²) >= 11 is 0. The Morgan fingerprint density at radius 1 is 1.56 bits per heavy atom. The van der Waals surface area contributed by atoms with Crippen molar-refractivity contribution in [3.05, 3.63) is 29.3 Å². The van der Waals surface area contributed by atoms with E-state index < -0.39 is 0 Å². The number of nitrogens with zero attached hydrogens (tertiary/aromatic N) is 1. The van der Waals surface area contributed by atoms with E-state index in [4.69, 9.17) is 4.74 Å². The molecule has 0 aromatic heterocycles. The topological polar surface area (TPSA) is 49.8 Å². The minimum Gasteiger partial charge on any atom is -0.508 e. The molecule has 0 spiro atoms. The Labute approximate surface area is 107 Å². The second-order valence-corrected chi connectivity index (χ2v) is 4.82. The van der Waals surface area contributed by atoms with E-state index in [1.165, 1.54) is 0 Å². The van der Waals surface area contributed by atoms with Gasteiger partial charge in [0, 0.05) is 25.8 Å². The van der Waals surface area contributed by atoms with Gasteiger partial charge in [-0.1, -0.05) is 0 Å². The highest BCUT2D eigenvalue weighted by molar-refractivity contribution is 5.94. The molecule has 98 valence electrons. The summed E-state index contributed by atoms with van der Waals surface area (Å²) in [4.78, 5) is 13.9. The van der Waals surface area contributed by atoms with E-state index >= 15 is 0 Å². The standard InChI is InChI=1S/C14H19NO3/c1-10-8-11(5-6-13(10)16)14(17)15(2)9-12-4-3-7-18-12/h5-6,8,12,16H,3-4,7,9H2,1-2H3. The first-order valence-corrected chi connectivity index (χ1v) is 6.24. The monoisotopic (exact) mass is 249 g/mol. The summed E-state index contributed by atoms with van der Waals surface area (Å²) in [5, 5.41) is 9.45. The smallest absolute Gasteiger partial charge is 0.253 e. The highest BCUT2D eigenvalue weighted by Crippen LogP contribution is 2.19. The average molecular weight is 249 g/mol. The lowest BCUT2D eigenvalue weighted by Crippen LogP contribution is -2.34. The molecule has 1 N–H and O–H groups in total. The number of hydrogen-bond donors (Lipinski definition) is 1. The van der Waals surface area contributed by atoms with Gasteiger partial charge in [0.15, 0.2) is 0 Å². The number of ether oxygens (including phenoxy) is 1. The maximum Gasteiger partial charge on any atom is 0.253 e. The summed E-state index contributed by atoms with van der Waals surface area (Å²) < 4.78 is 5.52. The maximum atomic E-state index is 12.2. The molecule has 1 aromatic rings. The van der Waals surface area contributed by atoms with Gasteiger partial charge in [-0.05, 0) is 43.5 Å². The number of amides is 1. The number of rotatable bonds is 3. The fourth-order valence-electron chi connectivity index (χ4n) is 2.19. The van der Waals surface area contributed by atoms with Gasteiger partial charge in [-0.3, -0.25) is 4.79 Å². The zero-order chi connectivity index (χ0) is 13.1. The number of carbonyl (C=O) groups is 1. The van der Waals surface area contributed by atoms with Crippen LogP contribution in [0.3, 0.4) is 0 Å². The van der Waals surface area contributed by atoms with Gasteiger partial charge in [0.05, 0.1) is 6.10 Å². The largest absolute Gasteiger partial charge is 0.508 e. The van der Waals surface area contributed by atoms with Gasteiger partial charge in [0.25, 0.3) is 5.91 Å². The lowest BCUT2D eigenvalue weighted by molar-refractivity contribution is 0.0587. The number of phenols is 1. The van der Waals surface area contributed by atoms with Crippen molar-refractivity contribution in [3.8, 4) is 5.75 Å². The minimum absolute atomic E-state index is 0.0337. The predicted molar refractivity (Wildman–Crippen MR) is 68.8 cm³/mol. The first kappa shape index (κ1) is 12.9. The number of aryl methyl sites for hydroxylation is 1. The number of aromatic hydroxyl groups is 1. The lowest BCUT2D eigenvalue weighted by Gasteiger charge is -2.21. The molecular weight excluding hydrogens is 230 g/mol. The molecule has 4 nitrogen and oxygen atoms in total. The second-order valence-electron chi connectivity index (χ2n) is 4.82. The first-order valence-electron chi connectivity index (χ1n) is 6.24. The van der Waals surface area contributed by atoms with E-state index in [2.05, 4.69) is 0 Å². The van der Waals surface area contributed by atoms with Crippen molar-refractivity contribution < 1.29 is 14.6 Å². The van der Waals surface area contributed by atoms with Crippen LogP contribution in [0.2, 0.25) is 0 Å². The Bertz CT molecular complexity index is 439. The number of likely N-dealkylation sites (N-methyl/N-ethyl adjacent to an activating group) is 1. The third-order valence-corrected chi connectivity index (χ3v) is 3.29. The Kier molecular flexibility index (Phi) is 3.87. The first-order chi connectivity index (χ1) is 8.58. The molecule has 1 aliphatic rings. The van der Waals surface area contributed by atoms with Crippen LogP contribution in [0.4, 0.5) is 0 Å². The molecule has 1 atom stereocenters. The van der Waals surface area contributed by atoms with Gasteiger partial charge in [-0.15, -0.1) is 0 Å². The van der Waals surface area contributed by atoms with Crippen molar-refractivity contribution in [3.63, 3.8) is 0 Å². The molecule has 1 aliphatic heterocycles. The van der Waals surface area contributed by atoms with Crippen LogP contribution in [-0.2, 0) is 4.74 Å². The summed E-state index contributed by atoms with van der Waals surface area (Å²) in [6.45, 7) is 3.20.